The van der Waals surface area contributed by atoms with Crippen molar-refractivity contribution in [2.45, 2.75) is 17.8 Å². The van der Waals surface area contributed by atoms with Crippen molar-refractivity contribution >= 4 is 19.7 Å². The monoisotopic (exact) mass is 263 g/mol. The summed E-state index contributed by atoms with van der Waals surface area (Å²) >= 11 is 0. The van der Waals surface area contributed by atoms with Crippen LogP contribution in [0.3, 0.4) is 0 Å². The molecule has 0 radical (unpaired) electrons. The van der Waals surface area contributed by atoms with E-state index in [9.17, 15) is 21.6 Å². The van der Waals surface area contributed by atoms with Crippen LogP contribution in [0.15, 0.2) is 5.16 Å². The molecule has 15 heavy (non-hydrogen) atoms. The third kappa shape index (κ3) is 3.06. The van der Waals surface area contributed by atoms with E-state index in [1.807, 2.05) is 0 Å². The largest absolute Gasteiger partial charge is 0.396 e. The third-order valence-corrected chi connectivity index (χ3v) is 2.71. The maximum Gasteiger partial charge on any atom is 0.396 e. The van der Waals surface area contributed by atoms with Crippen molar-refractivity contribution in [3.8, 4) is 0 Å². The van der Waals surface area contributed by atoms with E-state index in [0.29, 0.717) is 4.57 Å². The Morgan fingerprint density at radius 1 is 1.40 bits per heavy atom. The molecule has 1 aromatic heterocycles. The summed E-state index contributed by atoms with van der Waals surface area (Å²) in [5.74, 6) is -0.512. The Morgan fingerprint density at radius 3 is 2.27 bits per heavy atom. The predicted molar refractivity (Wildman–Crippen MR) is 43.8 cm³/mol. The van der Waals surface area contributed by atoms with E-state index in [4.69, 9.17) is 10.7 Å². The van der Waals surface area contributed by atoms with Gasteiger partial charge in [0.05, 0.1) is 0 Å². The van der Waals surface area contributed by atoms with Gasteiger partial charge < -0.3 is 4.57 Å². The van der Waals surface area contributed by atoms with Crippen LogP contribution in [0, 0.1) is 0 Å². The van der Waals surface area contributed by atoms with Gasteiger partial charge in [-0.3, -0.25) is 0 Å². The molecule has 0 fully saturated rings. The van der Waals surface area contributed by atoms with Gasteiger partial charge in [0.25, 0.3) is 14.2 Å². The van der Waals surface area contributed by atoms with E-state index in [1.54, 1.807) is 0 Å². The van der Waals surface area contributed by atoms with Crippen LogP contribution in [0.4, 0.5) is 13.2 Å². The summed E-state index contributed by atoms with van der Waals surface area (Å²) in [7, 11) is 1.84. The molecule has 0 aliphatic carbocycles. The van der Waals surface area contributed by atoms with Gasteiger partial charge in [0.1, 0.15) is 12.2 Å². The Morgan fingerprint density at radius 2 is 1.93 bits per heavy atom. The van der Waals surface area contributed by atoms with Gasteiger partial charge in [-0.15, -0.1) is 10.2 Å². The topological polar surface area (TPSA) is 64.8 Å². The fourth-order valence-corrected chi connectivity index (χ4v) is 1.86. The highest BCUT2D eigenvalue weighted by Crippen LogP contribution is 2.21. The average molecular weight is 264 g/mol. The van der Waals surface area contributed by atoms with Gasteiger partial charge in [-0.05, 0) is 0 Å². The second kappa shape index (κ2) is 3.63. The van der Waals surface area contributed by atoms with Crippen molar-refractivity contribution in [1.82, 2.24) is 14.8 Å². The Hall–Kier alpha value is -0.830. The van der Waals surface area contributed by atoms with Gasteiger partial charge in [-0.25, -0.2) is 8.42 Å². The Labute approximate surface area is 87.3 Å². The summed E-state index contributed by atoms with van der Waals surface area (Å²) in [5, 5.41) is 5.46. The number of hydrogen-bond acceptors (Lipinski definition) is 4. The molecular weight excluding hydrogens is 259 g/mol. The van der Waals surface area contributed by atoms with E-state index < -0.39 is 32.6 Å². The van der Waals surface area contributed by atoms with Gasteiger partial charge in [0.15, 0.2) is 0 Å². The number of aromatic nitrogens is 3. The second-order valence-electron chi connectivity index (χ2n) is 2.69. The molecule has 1 heterocycles. The van der Waals surface area contributed by atoms with E-state index in [0.717, 1.165) is 7.05 Å². The molecule has 1 rings (SSSR count). The highest BCUT2D eigenvalue weighted by atomic mass is 35.7. The molecule has 86 valence electrons. The fraction of sp³-hybridized carbons (Fsp3) is 0.600. The molecule has 0 aliphatic heterocycles. The lowest BCUT2D eigenvalue weighted by atomic mass is 10.4. The molecule has 0 atom stereocenters. The second-order valence-corrected chi connectivity index (χ2v) is 5.15. The number of nitrogens with zero attached hydrogens (tertiary/aromatic N) is 3. The first-order valence-corrected chi connectivity index (χ1v) is 5.82. The standard InChI is InChI=1S/C5H5ClF3N3O2S/c1-12-3(2-5(7,8)9)10-11-4(12)15(6,13)14/h2H2,1H3. The average Bonchev–Trinajstić information content (AvgIpc) is 2.27. The molecule has 10 heteroatoms. The zero-order chi connectivity index (χ0) is 11.9. The summed E-state index contributed by atoms with van der Waals surface area (Å²) in [6.07, 6.45) is -5.84. The van der Waals surface area contributed by atoms with Crippen LogP contribution < -0.4 is 0 Å². The minimum Gasteiger partial charge on any atom is -0.304 e. The van der Waals surface area contributed by atoms with Gasteiger partial charge in [0, 0.05) is 17.7 Å². The Balaban J connectivity index is 3.11. The summed E-state index contributed by atoms with van der Waals surface area (Å²) in [4.78, 5) is 0. The molecule has 0 amide bonds. The Bertz CT molecular complexity index is 466. The quantitative estimate of drug-likeness (QED) is 0.742. The van der Waals surface area contributed by atoms with Crippen LogP contribution in [0.2, 0.25) is 0 Å². The van der Waals surface area contributed by atoms with Gasteiger partial charge in [0.2, 0.25) is 0 Å². The van der Waals surface area contributed by atoms with Gasteiger partial charge in [-0.2, -0.15) is 13.2 Å². The summed E-state index contributed by atoms with van der Waals surface area (Å²) in [6.45, 7) is 0. The zero-order valence-corrected chi connectivity index (χ0v) is 8.86. The maximum absolute atomic E-state index is 12.0. The first-order chi connectivity index (χ1) is 6.61. The van der Waals surface area contributed by atoms with Crippen molar-refractivity contribution in [2.24, 2.45) is 7.05 Å². The molecule has 0 saturated heterocycles. The lowest BCUT2D eigenvalue weighted by Crippen LogP contribution is -2.16. The molecule has 5 nitrogen and oxygen atoms in total. The van der Waals surface area contributed by atoms with Crippen LogP contribution in [0.1, 0.15) is 5.82 Å². The third-order valence-electron chi connectivity index (χ3n) is 1.50. The number of rotatable bonds is 2. The Kier molecular flexibility index (Phi) is 2.97. The molecule has 0 bridgehead atoms. The van der Waals surface area contributed by atoms with E-state index in [-0.39, 0.29) is 0 Å². The summed E-state index contributed by atoms with van der Waals surface area (Å²) < 4.78 is 58.2. The molecule has 1 aromatic rings. The number of alkyl halides is 3. The SMILES string of the molecule is Cn1c(CC(F)(F)F)nnc1S(=O)(=O)Cl. The predicted octanol–water partition coefficient (Wildman–Crippen LogP) is 0.847. The normalized spacial score (nSPS) is 13.1. The lowest BCUT2D eigenvalue weighted by Gasteiger charge is -2.05. The van der Waals surface area contributed by atoms with E-state index >= 15 is 0 Å². The molecule has 0 saturated carbocycles. The highest BCUT2D eigenvalue weighted by molar-refractivity contribution is 8.13. The van der Waals surface area contributed by atoms with Gasteiger partial charge >= 0.3 is 6.18 Å². The first-order valence-electron chi connectivity index (χ1n) is 3.51. The van der Waals surface area contributed by atoms with Crippen LogP contribution >= 0.6 is 10.7 Å². The van der Waals surface area contributed by atoms with E-state index in [2.05, 4.69) is 10.2 Å². The molecule has 0 N–H and O–H groups in total. The fourth-order valence-electron chi connectivity index (χ4n) is 0.891. The first kappa shape index (κ1) is 12.2. The highest BCUT2D eigenvalue weighted by Gasteiger charge is 2.32. The van der Waals surface area contributed by atoms with Crippen LogP contribution in [0.5, 0.6) is 0 Å². The minimum absolute atomic E-state index is 0.512. The summed E-state index contributed by atoms with van der Waals surface area (Å²) in [5.41, 5.74) is 0. The molecule has 0 unspecified atom stereocenters. The van der Waals surface area contributed by atoms with Crippen molar-refractivity contribution in [3.63, 3.8) is 0 Å². The number of hydrogen-bond donors (Lipinski definition) is 0. The summed E-state index contributed by atoms with van der Waals surface area (Å²) in [6, 6.07) is 0. The lowest BCUT2D eigenvalue weighted by molar-refractivity contribution is -0.129. The van der Waals surface area contributed by atoms with Crippen molar-refractivity contribution in [3.05, 3.63) is 5.82 Å². The van der Waals surface area contributed by atoms with E-state index in [1.165, 1.54) is 0 Å². The van der Waals surface area contributed by atoms with Crippen LogP contribution in [0.25, 0.3) is 0 Å². The molecule has 0 aromatic carbocycles. The molecule has 0 spiro atoms. The number of halogens is 4. The molecule has 0 aliphatic rings. The van der Waals surface area contributed by atoms with Gasteiger partial charge in [-0.1, -0.05) is 0 Å². The van der Waals surface area contributed by atoms with Crippen LogP contribution in [-0.4, -0.2) is 29.4 Å². The maximum atomic E-state index is 12.0. The smallest absolute Gasteiger partial charge is 0.304 e. The molecular formula is C5H5ClF3N3O2S. The van der Waals surface area contributed by atoms with Crippen molar-refractivity contribution < 1.29 is 21.6 Å². The zero-order valence-electron chi connectivity index (χ0n) is 7.29. The minimum atomic E-state index is -4.48. The van der Waals surface area contributed by atoms with Crippen molar-refractivity contribution in [1.29, 1.82) is 0 Å². The van der Waals surface area contributed by atoms with Crippen molar-refractivity contribution in [2.75, 3.05) is 0 Å². The van der Waals surface area contributed by atoms with Crippen LogP contribution in [-0.2, 0) is 22.5 Å².